The normalized spacial score (nSPS) is 19.9. The van der Waals surface area contributed by atoms with E-state index in [0.29, 0.717) is 0 Å². The molecule has 0 radical (unpaired) electrons. The molecule has 0 fully saturated rings. The van der Waals surface area contributed by atoms with Gasteiger partial charge in [0.25, 0.3) is 0 Å². The van der Waals surface area contributed by atoms with Crippen molar-refractivity contribution in [2.24, 2.45) is 0 Å². The Bertz CT molecular complexity index is 4730. The fourth-order valence-corrected chi connectivity index (χ4v) is 6.40. The standard InChI is InChI=1S/C48H30N2O/c1-3-12-31(13-4-1)32-22-24-34(25-23-32)49-40-19-9-7-16-37(40)47-42(49)28-29-43-48(47)38-17-8-10-20-41(38)50(43)35-26-27-39-45(30-35)51-44-21-11-18-36(46(39)44)33-14-5-2-6-15-33/h1-30H/i1D,2D,3D,4D,5D,6D,7D,8D,9D,10D,11D,12D,13D,14D,15D,16D,17D,18D,19D,20D,21D,22D,23D,24D,25D,26D,27D,29D,30D. The molecule has 0 saturated heterocycles. The van der Waals surface area contributed by atoms with Crippen molar-refractivity contribution in [3.63, 3.8) is 0 Å². The number of fused-ring (bicyclic) bond motifs is 10. The number of benzene rings is 8. The Kier molecular flexibility index (Phi) is 2.53. The number of furan rings is 1. The van der Waals surface area contributed by atoms with Gasteiger partial charge < -0.3 is 13.6 Å². The zero-order valence-corrected chi connectivity index (χ0v) is 25.4. The first kappa shape index (κ1) is 11.9. The number of para-hydroxylation sites is 2. The molecule has 11 aromatic rings. The molecular formula is C48H30N2O. The second kappa shape index (κ2) is 10.8. The van der Waals surface area contributed by atoms with Gasteiger partial charge in [0, 0.05) is 49.7 Å². The van der Waals surface area contributed by atoms with Gasteiger partial charge >= 0.3 is 0 Å². The van der Waals surface area contributed by atoms with E-state index in [-0.39, 0.29) is 10.9 Å². The van der Waals surface area contributed by atoms with E-state index < -0.39 is 264 Å². The van der Waals surface area contributed by atoms with Crippen molar-refractivity contribution in [2.75, 3.05) is 0 Å². The summed E-state index contributed by atoms with van der Waals surface area (Å²) in [6.07, 6.45) is 0. The minimum atomic E-state index is -0.976. The Morgan fingerprint density at radius 3 is 1.69 bits per heavy atom. The molecule has 3 nitrogen and oxygen atoms in total. The molecule has 238 valence electrons. The topological polar surface area (TPSA) is 23.0 Å². The molecule has 0 N–H and O–H groups in total. The third kappa shape index (κ3) is 4.12. The Balaban J connectivity index is 1.35. The summed E-state index contributed by atoms with van der Waals surface area (Å²) in [6.45, 7) is 0. The molecule has 0 aliphatic heterocycles. The highest BCUT2D eigenvalue weighted by Gasteiger charge is 2.21. The van der Waals surface area contributed by atoms with Crippen molar-refractivity contribution in [1.82, 2.24) is 9.13 Å². The van der Waals surface area contributed by atoms with E-state index in [1.54, 1.807) is 0 Å². The van der Waals surface area contributed by atoms with Gasteiger partial charge in [-0.3, -0.25) is 0 Å². The van der Waals surface area contributed by atoms with Crippen molar-refractivity contribution in [3.8, 4) is 33.6 Å². The quantitative estimate of drug-likeness (QED) is 0.182. The smallest absolute Gasteiger partial charge is 0.137 e. The molecule has 8 aromatic carbocycles. The summed E-state index contributed by atoms with van der Waals surface area (Å²) in [5, 5.41) is -2.74. The molecule has 3 heterocycles. The van der Waals surface area contributed by atoms with Gasteiger partial charge in [-0.25, -0.2) is 0 Å². The summed E-state index contributed by atoms with van der Waals surface area (Å²) < 4.78 is 267. The molecular weight excluding hydrogens is 621 g/mol. The van der Waals surface area contributed by atoms with Crippen LogP contribution in [0.1, 0.15) is 39.8 Å². The van der Waals surface area contributed by atoms with Crippen molar-refractivity contribution < 1.29 is 44.2 Å². The van der Waals surface area contributed by atoms with Gasteiger partial charge in [-0.15, -0.1) is 0 Å². The van der Waals surface area contributed by atoms with Gasteiger partial charge in [-0.2, -0.15) is 0 Å². The number of nitrogens with zero attached hydrogens (tertiary/aromatic N) is 2. The fraction of sp³-hybridized carbons (Fsp3) is 0. The Labute approximate surface area is 334 Å². The molecule has 0 amide bonds. The van der Waals surface area contributed by atoms with E-state index in [4.69, 9.17) is 27.7 Å². The molecule has 0 atom stereocenters. The summed E-state index contributed by atoms with van der Waals surface area (Å²) in [6, 6.07) is -24.3. The molecule has 51 heavy (non-hydrogen) atoms. The predicted octanol–water partition coefficient (Wildman–Crippen LogP) is 13.1. The average Bonchev–Trinajstić information content (AvgIpc) is 3.74. The summed E-state index contributed by atoms with van der Waals surface area (Å²) in [5.74, 6) is 0. The predicted molar refractivity (Wildman–Crippen MR) is 213 cm³/mol. The van der Waals surface area contributed by atoms with Crippen LogP contribution in [0.3, 0.4) is 0 Å². The van der Waals surface area contributed by atoms with Crippen LogP contribution in [0.4, 0.5) is 0 Å². The first-order valence-electron chi connectivity index (χ1n) is 29.6. The first-order valence-corrected chi connectivity index (χ1v) is 15.1. The first-order chi connectivity index (χ1) is 37.4. The molecule has 0 bridgehead atoms. The number of hydrogen-bond donors (Lipinski definition) is 0. The molecule has 0 aliphatic carbocycles. The fourth-order valence-electron chi connectivity index (χ4n) is 6.40. The Morgan fingerprint density at radius 2 is 0.961 bits per heavy atom. The van der Waals surface area contributed by atoms with Crippen molar-refractivity contribution >= 4 is 65.6 Å². The minimum absolute atomic E-state index is 0.361. The van der Waals surface area contributed by atoms with Gasteiger partial charge in [0.05, 0.1) is 61.8 Å². The van der Waals surface area contributed by atoms with Crippen LogP contribution >= 0.6 is 0 Å². The summed E-state index contributed by atoms with van der Waals surface area (Å²) in [5.41, 5.74) is -7.45. The highest BCUT2D eigenvalue weighted by Crippen LogP contribution is 2.43. The monoisotopic (exact) mass is 679 g/mol. The van der Waals surface area contributed by atoms with E-state index in [9.17, 15) is 16.4 Å². The maximum absolute atomic E-state index is 9.80. The van der Waals surface area contributed by atoms with Gasteiger partial charge in [-0.05, 0) is 76.7 Å². The lowest BCUT2D eigenvalue weighted by atomic mass is 9.99. The van der Waals surface area contributed by atoms with Gasteiger partial charge in [0.2, 0.25) is 0 Å². The number of hydrogen-bond acceptors (Lipinski definition) is 1. The second-order valence-electron chi connectivity index (χ2n) is 11.1. The van der Waals surface area contributed by atoms with Crippen LogP contribution in [-0.4, -0.2) is 9.13 Å². The maximum Gasteiger partial charge on any atom is 0.137 e. The van der Waals surface area contributed by atoms with Gasteiger partial charge in [0.1, 0.15) is 11.2 Å². The van der Waals surface area contributed by atoms with E-state index in [0.717, 1.165) is 15.2 Å². The van der Waals surface area contributed by atoms with Crippen LogP contribution in [0.25, 0.3) is 99.2 Å². The maximum atomic E-state index is 9.80. The number of aromatic nitrogens is 2. The lowest BCUT2D eigenvalue weighted by Gasteiger charge is -2.10. The van der Waals surface area contributed by atoms with Crippen LogP contribution < -0.4 is 0 Å². The zero-order chi connectivity index (χ0) is 58.7. The molecule has 3 heteroatoms. The molecule has 0 spiro atoms. The van der Waals surface area contributed by atoms with Crippen LogP contribution in [0.15, 0.2) is 186 Å². The summed E-state index contributed by atoms with van der Waals surface area (Å²) in [7, 11) is 0. The molecule has 3 aromatic heterocycles. The highest BCUT2D eigenvalue weighted by molar-refractivity contribution is 6.29. The van der Waals surface area contributed by atoms with Crippen LogP contribution in [-0.2, 0) is 0 Å². The zero-order valence-electron chi connectivity index (χ0n) is 54.4. The molecule has 0 saturated carbocycles. The van der Waals surface area contributed by atoms with E-state index in [1.165, 1.54) is 0 Å². The van der Waals surface area contributed by atoms with Crippen LogP contribution in [0.2, 0.25) is 0 Å². The third-order valence-electron chi connectivity index (χ3n) is 8.45. The van der Waals surface area contributed by atoms with E-state index in [2.05, 4.69) is 0 Å². The lowest BCUT2D eigenvalue weighted by molar-refractivity contribution is 0.668. The highest BCUT2D eigenvalue weighted by atomic mass is 16.3. The lowest BCUT2D eigenvalue weighted by Crippen LogP contribution is -1.95. The number of rotatable bonds is 4. The minimum Gasteiger partial charge on any atom is -0.456 e. The van der Waals surface area contributed by atoms with Gasteiger partial charge in [0.15, 0.2) is 0 Å². The molecule has 11 rings (SSSR count). The van der Waals surface area contributed by atoms with Gasteiger partial charge in [-0.1, -0.05) is 121 Å². The van der Waals surface area contributed by atoms with Crippen molar-refractivity contribution in [1.29, 1.82) is 0 Å². The SMILES string of the molecule is [2H]c1c([2H])c([2H])c(-c2c([2H])c([2H])c(-n3c4cc([2H])c5c(c6c([2H])c([2H])c([2H])c([2H])c6n5-c5c([2H])c([2H])c6c(oc7c([2H])c([2H])c([2H])c(-c8c([2H])c([2H])c([2H])c([2H])c8[2H])c76)c5[2H])c4c4c([2H])c([2H])c([2H])c([2H])c43)c([2H])c2[2H])c([2H])c1[2H]. The summed E-state index contributed by atoms with van der Waals surface area (Å²) in [4.78, 5) is 0. The van der Waals surface area contributed by atoms with E-state index in [1.807, 2.05) is 0 Å². The van der Waals surface area contributed by atoms with Crippen molar-refractivity contribution in [3.05, 3.63) is 181 Å². The largest absolute Gasteiger partial charge is 0.456 e. The second-order valence-corrected chi connectivity index (χ2v) is 11.1. The average molecular weight is 680 g/mol. The van der Waals surface area contributed by atoms with Crippen LogP contribution in [0, 0.1) is 0 Å². The van der Waals surface area contributed by atoms with Crippen molar-refractivity contribution in [2.45, 2.75) is 0 Å². The van der Waals surface area contributed by atoms with E-state index >= 15 is 0 Å². The van der Waals surface area contributed by atoms with Crippen LogP contribution in [0.5, 0.6) is 0 Å². The Hall–Kier alpha value is -6.84. The molecule has 0 aliphatic rings. The summed E-state index contributed by atoms with van der Waals surface area (Å²) >= 11 is 0. The third-order valence-corrected chi connectivity index (χ3v) is 8.45. The molecule has 0 unspecified atom stereocenters. The Morgan fingerprint density at radius 1 is 0.373 bits per heavy atom.